The maximum absolute atomic E-state index is 6.82. The molecule has 1 aromatic carbocycles. The summed E-state index contributed by atoms with van der Waals surface area (Å²) >= 11 is 12.6. The molecule has 2 aliphatic rings. The maximum Gasteiger partial charge on any atom is 0.174 e. The molecule has 166 valence electrons. The van der Waals surface area contributed by atoms with Gasteiger partial charge >= 0.3 is 0 Å². The number of rotatable bonds is 4. The maximum atomic E-state index is 6.82. The molecule has 2 aliphatic heterocycles. The van der Waals surface area contributed by atoms with Crippen LogP contribution in [0.3, 0.4) is 0 Å². The minimum absolute atomic E-state index is 0.0520. The lowest BCUT2D eigenvalue weighted by atomic mass is 9.98. The lowest BCUT2D eigenvalue weighted by molar-refractivity contribution is 0.438. The SMILES string of the molecule is Cc1ccc([C@H]2[C@H](c3ccccn3)NC(=S)N2c2ccc(N3CCC(C)CC3)c(Cl)c2)[nH]1. The van der Waals surface area contributed by atoms with Gasteiger partial charge in [0.1, 0.15) is 6.04 Å². The van der Waals surface area contributed by atoms with E-state index in [4.69, 9.17) is 23.8 Å². The molecule has 2 aromatic heterocycles. The minimum atomic E-state index is -0.0659. The van der Waals surface area contributed by atoms with Crippen LogP contribution in [0.15, 0.2) is 54.7 Å². The van der Waals surface area contributed by atoms with Crippen molar-refractivity contribution in [1.82, 2.24) is 15.3 Å². The second-order valence-corrected chi connectivity index (χ2v) is 9.69. The standard InChI is InChI=1S/C25H28ClN5S/c1-16-10-13-30(14-11-16)22-9-7-18(15-19(22)26)31-24(21-8-6-17(2)28-21)23(29-25(31)32)20-5-3-4-12-27-20/h3-9,12,15-16,23-24,28H,10-11,13-14H2,1-2H3,(H,29,32)/t23-,24-/m0/s1. The second-order valence-electron chi connectivity index (χ2n) is 8.90. The number of aromatic nitrogens is 2. The number of hydrogen-bond donors (Lipinski definition) is 2. The van der Waals surface area contributed by atoms with Gasteiger partial charge in [0.25, 0.3) is 0 Å². The number of nitrogens with zero attached hydrogens (tertiary/aromatic N) is 3. The molecular formula is C25H28ClN5S. The molecule has 5 nitrogen and oxygen atoms in total. The summed E-state index contributed by atoms with van der Waals surface area (Å²) < 4.78 is 0. The molecule has 2 saturated heterocycles. The number of aryl methyl sites for hydroxylation is 1. The average molecular weight is 466 g/mol. The van der Waals surface area contributed by atoms with Crippen LogP contribution in [0.5, 0.6) is 0 Å². The van der Waals surface area contributed by atoms with Gasteiger partial charge < -0.3 is 20.1 Å². The van der Waals surface area contributed by atoms with Gasteiger partial charge in [-0.3, -0.25) is 4.98 Å². The Kier molecular flexibility index (Phi) is 5.82. The lowest BCUT2D eigenvalue weighted by Gasteiger charge is -2.33. The average Bonchev–Trinajstić information content (AvgIpc) is 3.38. The fraction of sp³-hybridized carbons (Fsp3) is 0.360. The first-order valence-corrected chi connectivity index (χ1v) is 12.0. The number of nitrogens with one attached hydrogen (secondary N) is 2. The number of thiocarbonyl (C=S) groups is 1. The predicted molar refractivity (Wildman–Crippen MR) is 136 cm³/mol. The number of pyridine rings is 1. The topological polar surface area (TPSA) is 47.2 Å². The highest BCUT2D eigenvalue weighted by Gasteiger charge is 2.41. The molecule has 0 radical (unpaired) electrons. The van der Waals surface area contributed by atoms with E-state index in [9.17, 15) is 0 Å². The number of aromatic amines is 1. The van der Waals surface area contributed by atoms with E-state index in [-0.39, 0.29) is 12.1 Å². The van der Waals surface area contributed by atoms with Crippen LogP contribution in [0.1, 0.15) is 48.9 Å². The van der Waals surface area contributed by atoms with Crippen molar-refractivity contribution in [2.75, 3.05) is 22.9 Å². The number of benzene rings is 1. The highest BCUT2D eigenvalue weighted by Crippen LogP contribution is 2.43. The second kappa shape index (κ2) is 8.75. The van der Waals surface area contributed by atoms with Gasteiger partial charge in [-0.2, -0.15) is 0 Å². The third-order valence-corrected chi connectivity index (χ3v) is 7.22. The normalized spacial score (nSPS) is 21.8. The zero-order valence-corrected chi connectivity index (χ0v) is 20.0. The first-order chi connectivity index (χ1) is 15.5. The number of anilines is 2. The first-order valence-electron chi connectivity index (χ1n) is 11.2. The molecule has 5 rings (SSSR count). The Morgan fingerprint density at radius 3 is 2.56 bits per heavy atom. The van der Waals surface area contributed by atoms with Crippen LogP contribution in [0.4, 0.5) is 11.4 Å². The van der Waals surface area contributed by atoms with Crippen molar-refractivity contribution in [3.63, 3.8) is 0 Å². The molecule has 0 aliphatic carbocycles. The monoisotopic (exact) mass is 465 g/mol. The van der Waals surface area contributed by atoms with Crippen molar-refractivity contribution in [3.8, 4) is 0 Å². The molecule has 0 bridgehead atoms. The molecule has 0 saturated carbocycles. The largest absolute Gasteiger partial charge is 0.370 e. The summed E-state index contributed by atoms with van der Waals surface area (Å²) in [6.45, 7) is 6.49. The van der Waals surface area contributed by atoms with Crippen molar-refractivity contribution >= 4 is 40.3 Å². The first kappa shape index (κ1) is 21.3. The van der Waals surface area contributed by atoms with E-state index < -0.39 is 0 Å². The zero-order chi connectivity index (χ0) is 22.2. The molecule has 0 unspecified atom stereocenters. The molecule has 2 fully saturated rings. The lowest BCUT2D eigenvalue weighted by Crippen LogP contribution is -2.33. The summed E-state index contributed by atoms with van der Waals surface area (Å²) in [5, 5.41) is 4.94. The Morgan fingerprint density at radius 1 is 1.09 bits per heavy atom. The third-order valence-electron chi connectivity index (χ3n) is 6.60. The van der Waals surface area contributed by atoms with Crippen LogP contribution in [0.2, 0.25) is 5.02 Å². The summed E-state index contributed by atoms with van der Waals surface area (Å²) in [6, 6.07) is 16.4. The zero-order valence-electron chi connectivity index (χ0n) is 18.4. The van der Waals surface area contributed by atoms with Crippen molar-refractivity contribution in [1.29, 1.82) is 0 Å². The molecule has 2 N–H and O–H groups in total. The van der Waals surface area contributed by atoms with Gasteiger partial charge in [-0.15, -0.1) is 0 Å². The number of piperidine rings is 1. The van der Waals surface area contributed by atoms with Crippen LogP contribution in [-0.4, -0.2) is 28.2 Å². The summed E-state index contributed by atoms with van der Waals surface area (Å²) in [7, 11) is 0. The van der Waals surface area contributed by atoms with Crippen molar-refractivity contribution in [2.45, 2.75) is 38.8 Å². The van der Waals surface area contributed by atoms with Gasteiger partial charge in [-0.05, 0) is 80.4 Å². The van der Waals surface area contributed by atoms with E-state index in [1.54, 1.807) is 0 Å². The number of H-pyrrole nitrogens is 1. The molecule has 0 spiro atoms. The number of hydrogen-bond acceptors (Lipinski definition) is 3. The van der Waals surface area contributed by atoms with Crippen molar-refractivity contribution in [3.05, 3.63) is 76.8 Å². The quantitative estimate of drug-likeness (QED) is 0.478. The van der Waals surface area contributed by atoms with E-state index in [2.05, 4.69) is 63.2 Å². The number of halogens is 1. The Balaban J connectivity index is 1.51. The third kappa shape index (κ3) is 3.97. The summed E-state index contributed by atoms with van der Waals surface area (Å²) in [5.41, 5.74) is 5.26. The molecule has 7 heteroatoms. The molecule has 4 heterocycles. The molecule has 0 amide bonds. The van der Waals surface area contributed by atoms with Gasteiger partial charge in [-0.25, -0.2) is 0 Å². The van der Waals surface area contributed by atoms with E-state index in [1.165, 1.54) is 12.8 Å². The van der Waals surface area contributed by atoms with E-state index >= 15 is 0 Å². The van der Waals surface area contributed by atoms with E-state index in [0.717, 1.165) is 52.5 Å². The Hall–Kier alpha value is -2.57. The minimum Gasteiger partial charge on any atom is -0.370 e. The van der Waals surface area contributed by atoms with Crippen LogP contribution in [0, 0.1) is 12.8 Å². The van der Waals surface area contributed by atoms with Crippen molar-refractivity contribution in [2.24, 2.45) is 5.92 Å². The van der Waals surface area contributed by atoms with E-state index in [1.807, 2.05) is 30.5 Å². The summed E-state index contributed by atoms with van der Waals surface area (Å²) in [5.74, 6) is 0.783. The molecule has 32 heavy (non-hydrogen) atoms. The molecule has 2 atom stereocenters. The predicted octanol–water partition coefficient (Wildman–Crippen LogP) is 5.78. The molecular weight excluding hydrogens is 438 g/mol. The van der Waals surface area contributed by atoms with Crippen molar-refractivity contribution < 1.29 is 0 Å². The fourth-order valence-electron chi connectivity index (χ4n) is 4.80. The van der Waals surface area contributed by atoms with Crippen LogP contribution in [-0.2, 0) is 0 Å². The fourth-order valence-corrected chi connectivity index (χ4v) is 5.44. The Bertz CT molecular complexity index is 1110. The van der Waals surface area contributed by atoms with Crippen LogP contribution in [0.25, 0.3) is 0 Å². The summed E-state index contributed by atoms with van der Waals surface area (Å²) in [4.78, 5) is 12.7. The smallest absolute Gasteiger partial charge is 0.174 e. The van der Waals surface area contributed by atoms with E-state index in [0.29, 0.717) is 5.11 Å². The van der Waals surface area contributed by atoms with Gasteiger partial charge in [0, 0.05) is 36.4 Å². The van der Waals surface area contributed by atoms with Crippen LogP contribution < -0.4 is 15.1 Å². The summed E-state index contributed by atoms with van der Waals surface area (Å²) in [6.07, 6.45) is 4.24. The van der Waals surface area contributed by atoms with Gasteiger partial charge in [0.2, 0.25) is 0 Å². The highest BCUT2D eigenvalue weighted by molar-refractivity contribution is 7.80. The van der Waals surface area contributed by atoms with Gasteiger partial charge in [-0.1, -0.05) is 24.6 Å². The molecule has 3 aromatic rings. The van der Waals surface area contributed by atoms with Crippen LogP contribution >= 0.6 is 23.8 Å². The van der Waals surface area contributed by atoms with Gasteiger partial charge in [0.05, 0.1) is 22.4 Å². The van der Waals surface area contributed by atoms with Gasteiger partial charge in [0.15, 0.2) is 5.11 Å². The Morgan fingerprint density at radius 2 is 1.91 bits per heavy atom. The Labute approximate surface area is 199 Å². The highest BCUT2D eigenvalue weighted by atomic mass is 35.5.